The van der Waals surface area contributed by atoms with Crippen LogP contribution in [0, 0.1) is 0 Å². The first-order valence-electron chi connectivity index (χ1n) is 7.56. The van der Waals surface area contributed by atoms with E-state index in [-0.39, 0.29) is 5.78 Å². The van der Waals surface area contributed by atoms with Gasteiger partial charge in [0.1, 0.15) is 0 Å². The third-order valence-corrected chi connectivity index (χ3v) is 4.06. The fraction of sp³-hybridized carbons (Fsp3) is 0.0500. The number of hydrogen-bond acceptors (Lipinski definition) is 2. The summed E-state index contributed by atoms with van der Waals surface area (Å²) in [5.74, 6) is 0.106. The van der Waals surface area contributed by atoms with Gasteiger partial charge in [-0.2, -0.15) is 4.57 Å². The molecule has 0 N–H and O–H groups in total. The fourth-order valence-electron chi connectivity index (χ4n) is 3.01. The Morgan fingerprint density at radius 3 is 2.04 bits per heavy atom. The lowest BCUT2D eigenvalue weighted by Gasteiger charge is -2.09. The Morgan fingerprint density at radius 2 is 1.43 bits per heavy atom. The number of ketones is 1. The summed E-state index contributed by atoms with van der Waals surface area (Å²) in [6.45, 7) is 0.306. The zero-order chi connectivity index (χ0) is 15.6. The number of carbonyl (C=O) groups excluding carboxylic acids is 1. The van der Waals surface area contributed by atoms with Crippen molar-refractivity contribution in [1.29, 1.82) is 0 Å². The van der Waals surface area contributed by atoms with E-state index in [1.165, 1.54) is 0 Å². The van der Waals surface area contributed by atoms with Gasteiger partial charge in [-0.05, 0) is 27.6 Å². The Kier molecular flexibility index (Phi) is 3.31. The van der Waals surface area contributed by atoms with Gasteiger partial charge in [0.2, 0.25) is 12.3 Å². The number of hydrogen-bond donors (Lipinski definition) is 0. The number of nitrogens with zero attached hydrogens (tertiary/aromatic N) is 2. The molecule has 3 heteroatoms. The van der Waals surface area contributed by atoms with E-state index in [4.69, 9.17) is 0 Å². The van der Waals surface area contributed by atoms with Gasteiger partial charge in [-0.1, -0.05) is 48.5 Å². The lowest BCUT2D eigenvalue weighted by Crippen LogP contribution is -2.37. The Hall–Kier alpha value is -3.07. The highest BCUT2D eigenvalue weighted by Gasteiger charge is 2.18. The first kappa shape index (κ1) is 13.6. The highest BCUT2D eigenvalue weighted by Crippen LogP contribution is 2.28. The molecule has 0 aliphatic carbocycles. The minimum absolute atomic E-state index is 0.106. The topological polar surface area (TPSA) is 33.8 Å². The van der Waals surface area contributed by atoms with Crippen LogP contribution in [0.2, 0.25) is 0 Å². The molecule has 4 aromatic rings. The third kappa shape index (κ3) is 2.46. The second-order valence-corrected chi connectivity index (χ2v) is 5.53. The minimum atomic E-state index is 0.106. The van der Waals surface area contributed by atoms with Gasteiger partial charge in [0.15, 0.2) is 12.4 Å². The van der Waals surface area contributed by atoms with Crippen molar-refractivity contribution in [1.82, 2.24) is 4.98 Å². The zero-order valence-electron chi connectivity index (χ0n) is 12.5. The van der Waals surface area contributed by atoms with Gasteiger partial charge < -0.3 is 0 Å². The molecule has 0 radical (unpaired) electrons. The number of carbonyl (C=O) groups is 1. The minimum Gasteiger partial charge on any atom is -0.287 e. The molecule has 1 aromatic heterocycles. The van der Waals surface area contributed by atoms with Crippen LogP contribution < -0.4 is 4.57 Å². The average molecular weight is 299 g/mol. The zero-order valence-corrected chi connectivity index (χ0v) is 12.5. The van der Waals surface area contributed by atoms with Crippen LogP contribution in [0.1, 0.15) is 10.4 Å². The Balaban J connectivity index is 1.94. The summed E-state index contributed by atoms with van der Waals surface area (Å²) in [6, 6.07) is 18.3. The van der Waals surface area contributed by atoms with Crippen molar-refractivity contribution in [3.05, 3.63) is 84.9 Å². The molecule has 0 spiro atoms. The van der Waals surface area contributed by atoms with Crippen LogP contribution >= 0.6 is 0 Å². The highest BCUT2D eigenvalue weighted by atomic mass is 16.1. The molecule has 0 saturated heterocycles. The Bertz CT molecular complexity index is 956. The van der Waals surface area contributed by atoms with E-state index >= 15 is 0 Å². The van der Waals surface area contributed by atoms with Crippen LogP contribution in [-0.2, 0) is 6.54 Å². The normalized spacial score (nSPS) is 11.0. The maximum Gasteiger partial charge on any atom is 0.228 e. The Labute approximate surface area is 133 Å². The van der Waals surface area contributed by atoms with Crippen LogP contribution in [0.5, 0.6) is 0 Å². The van der Waals surface area contributed by atoms with E-state index in [1.54, 1.807) is 12.4 Å². The van der Waals surface area contributed by atoms with E-state index in [0.29, 0.717) is 6.54 Å². The average Bonchev–Trinajstić information content (AvgIpc) is 2.60. The van der Waals surface area contributed by atoms with E-state index < -0.39 is 0 Å². The molecular weight excluding hydrogens is 284 g/mol. The summed E-state index contributed by atoms with van der Waals surface area (Å²) in [7, 11) is 0. The molecule has 0 amide bonds. The van der Waals surface area contributed by atoms with Crippen molar-refractivity contribution in [2.45, 2.75) is 6.54 Å². The molecule has 0 aliphatic rings. The molecular formula is C20H15N2O+. The highest BCUT2D eigenvalue weighted by molar-refractivity contribution is 6.18. The molecule has 4 rings (SSSR count). The molecule has 1 heterocycles. The SMILES string of the molecule is O=C(C[n+]1ccncc1)c1c2ccccc2cc2ccccc12. The monoisotopic (exact) mass is 299 g/mol. The number of Topliss-reactive ketones (excluding diaryl/α,β-unsaturated/α-hetero) is 1. The summed E-state index contributed by atoms with van der Waals surface area (Å²) in [4.78, 5) is 17.0. The lowest BCUT2D eigenvalue weighted by molar-refractivity contribution is -0.683. The molecule has 0 bridgehead atoms. The molecule has 0 fully saturated rings. The number of rotatable bonds is 3. The van der Waals surface area contributed by atoms with Gasteiger partial charge in [0.05, 0.1) is 12.4 Å². The van der Waals surface area contributed by atoms with Crippen molar-refractivity contribution in [2.24, 2.45) is 0 Å². The molecule has 3 aromatic carbocycles. The van der Waals surface area contributed by atoms with E-state index in [2.05, 4.69) is 23.2 Å². The number of aromatic nitrogens is 2. The van der Waals surface area contributed by atoms with Crippen LogP contribution in [0.15, 0.2) is 79.4 Å². The van der Waals surface area contributed by atoms with Crippen molar-refractivity contribution in [3.8, 4) is 0 Å². The molecule has 0 atom stereocenters. The smallest absolute Gasteiger partial charge is 0.228 e. The summed E-state index contributed by atoms with van der Waals surface area (Å²) in [5, 5.41) is 4.19. The van der Waals surface area contributed by atoms with E-state index in [9.17, 15) is 4.79 Å². The molecule has 110 valence electrons. The third-order valence-electron chi connectivity index (χ3n) is 4.06. The van der Waals surface area contributed by atoms with Gasteiger partial charge in [0, 0.05) is 5.56 Å². The molecule has 23 heavy (non-hydrogen) atoms. The number of benzene rings is 3. The predicted octanol–water partition coefficient (Wildman–Crippen LogP) is 3.56. The molecule has 3 nitrogen and oxygen atoms in total. The second-order valence-electron chi connectivity index (χ2n) is 5.53. The van der Waals surface area contributed by atoms with Gasteiger partial charge in [-0.25, -0.2) is 0 Å². The van der Waals surface area contributed by atoms with Gasteiger partial charge >= 0.3 is 0 Å². The molecule has 0 saturated carbocycles. The van der Waals surface area contributed by atoms with Crippen LogP contribution in [0.3, 0.4) is 0 Å². The molecule has 0 aliphatic heterocycles. The lowest BCUT2D eigenvalue weighted by atomic mass is 9.94. The largest absolute Gasteiger partial charge is 0.287 e. The Morgan fingerprint density at radius 1 is 0.870 bits per heavy atom. The van der Waals surface area contributed by atoms with Gasteiger partial charge in [-0.3, -0.25) is 9.78 Å². The predicted molar refractivity (Wildman–Crippen MR) is 90.2 cm³/mol. The molecule has 0 unspecified atom stereocenters. The van der Waals surface area contributed by atoms with E-state index in [1.807, 2.05) is 53.4 Å². The maximum atomic E-state index is 13.0. The fourth-order valence-corrected chi connectivity index (χ4v) is 3.01. The van der Waals surface area contributed by atoms with Crippen molar-refractivity contribution in [2.75, 3.05) is 0 Å². The summed E-state index contributed by atoms with van der Waals surface area (Å²) in [6.07, 6.45) is 7.00. The van der Waals surface area contributed by atoms with E-state index in [0.717, 1.165) is 27.1 Å². The van der Waals surface area contributed by atoms with Gasteiger partial charge in [0.25, 0.3) is 0 Å². The first-order valence-corrected chi connectivity index (χ1v) is 7.56. The summed E-state index contributed by atoms with van der Waals surface area (Å²) < 4.78 is 1.85. The summed E-state index contributed by atoms with van der Waals surface area (Å²) in [5.41, 5.74) is 0.794. The van der Waals surface area contributed by atoms with Crippen LogP contribution in [0.4, 0.5) is 0 Å². The quantitative estimate of drug-likeness (QED) is 0.329. The summed E-state index contributed by atoms with van der Waals surface area (Å²) >= 11 is 0. The standard InChI is InChI=1S/C20H15N2O/c23-19(14-22-11-9-21-10-12-22)20-17-7-3-1-5-15(17)13-16-6-2-4-8-18(16)20/h1-13H,14H2/q+1. The van der Waals surface area contributed by atoms with Crippen LogP contribution in [0.25, 0.3) is 21.5 Å². The van der Waals surface area contributed by atoms with Gasteiger partial charge in [-0.15, -0.1) is 0 Å². The first-order chi connectivity index (χ1) is 11.3. The maximum absolute atomic E-state index is 13.0. The van der Waals surface area contributed by atoms with Crippen LogP contribution in [-0.4, -0.2) is 10.8 Å². The number of fused-ring (bicyclic) bond motifs is 2. The van der Waals surface area contributed by atoms with Crippen molar-refractivity contribution in [3.63, 3.8) is 0 Å². The van der Waals surface area contributed by atoms with Crippen molar-refractivity contribution >= 4 is 27.3 Å². The second kappa shape index (κ2) is 5.61. The van der Waals surface area contributed by atoms with Crippen molar-refractivity contribution < 1.29 is 9.36 Å².